The van der Waals surface area contributed by atoms with Gasteiger partial charge in [-0.1, -0.05) is 53.4 Å². The Kier molecular flexibility index (Phi) is 97.7. The average molecular weight is 3060 g/mol. The van der Waals surface area contributed by atoms with Gasteiger partial charge < -0.3 is 133 Å². The maximum atomic E-state index is 9.52. The summed E-state index contributed by atoms with van der Waals surface area (Å²) in [6, 6.07) is 0. The van der Waals surface area contributed by atoms with Crippen LogP contribution < -0.4 is 0 Å². The third-order valence-corrected chi connectivity index (χ3v) is 14.5. The van der Waals surface area contributed by atoms with Gasteiger partial charge in [0.2, 0.25) is 0 Å². The molecule has 616 valence electrons. The van der Waals surface area contributed by atoms with Crippen molar-refractivity contribution in [3.8, 4) is 0 Å². The molecule has 0 aromatic heterocycles. The van der Waals surface area contributed by atoms with Gasteiger partial charge in [-0.3, -0.25) is 0 Å². The van der Waals surface area contributed by atoms with Gasteiger partial charge in [0.15, 0.2) is 12.6 Å². The predicted octanol–water partition coefficient (Wildman–Crippen LogP) is 8.73. The molecule has 2 fully saturated rings. The zero-order chi connectivity index (χ0) is 73.6. The molecule has 0 aromatic rings. The second-order valence-corrected chi connectivity index (χ2v) is 24.1. The summed E-state index contributed by atoms with van der Waals surface area (Å²) < 4.78 is 140. The fraction of sp³-hybridized carbons (Fsp3) is 0.917. The van der Waals surface area contributed by atoms with Gasteiger partial charge in [0.25, 0.3) is 0 Å². The van der Waals surface area contributed by atoms with Crippen LogP contribution in [0.15, 0.2) is 0 Å². The van der Waals surface area contributed by atoms with Crippen molar-refractivity contribution in [1.82, 2.24) is 0 Å². The number of methoxy groups -OCH3 is 2. The molecular weight excluding hydrogens is 2910 g/mol. The van der Waals surface area contributed by atoms with E-state index in [2.05, 4.69) is 79.8 Å². The second kappa shape index (κ2) is 90.3. The zero-order valence-electron chi connectivity index (χ0n) is 67.2. The van der Waals surface area contributed by atoms with Crippen molar-refractivity contribution in [2.45, 2.75) is 167 Å². The molecule has 2 aliphatic heterocycles. The number of hydrogen-bond donors (Lipinski definition) is 2. The summed E-state index contributed by atoms with van der Waals surface area (Å²) in [5.74, 6) is 0. The number of rotatable bonds is 72. The fourth-order valence-corrected chi connectivity index (χ4v) is 8.90. The molecule has 0 saturated carbocycles. The summed E-state index contributed by atoms with van der Waals surface area (Å²) in [6.07, 6.45) is 14.3. The van der Waals surface area contributed by atoms with Crippen LogP contribution >= 0.6 is 0 Å². The van der Waals surface area contributed by atoms with E-state index >= 15 is 0 Å². The van der Waals surface area contributed by atoms with Crippen LogP contribution in [0.3, 0.4) is 0 Å². The Morgan fingerprint density at radius 1 is 0.330 bits per heavy atom. The molecule has 0 radical (unpaired) electrons. The fourth-order valence-electron chi connectivity index (χ4n) is 8.90. The van der Waals surface area contributed by atoms with Crippen LogP contribution in [0.5, 0.6) is 0 Å². The molecular formula is C72H142O28Rf6-6. The van der Waals surface area contributed by atoms with Gasteiger partial charge in [-0.15, -0.1) is 0 Å². The maximum Gasteiger partial charge on any atom is 0.157 e. The van der Waals surface area contributed by atoms with Crippen molar-refractivity contribution in [1.29, 1.82) is 0 Å². The van der Waals surface area contributed by atoms with E-state index in [1.807, 2.05) is 0 Å². The van der Waals surface area contributed by atoms with Crippen molar-refractivity contribution in [3.05, 3.63) is 42.7 Å². The first-order valence-electron chi connectivity index (χ1n) is 36.2. The molecule has 0 aliphatic carbocycles. The first-order chi connectivity index (χ1) is 49.0. The van der Waals surface area contributed by atoms with E-state index in [1.165, 1.54) is 0 Å². The quantitative estimate of drug-likeness (QED) is 0.0327. The van der Waals surface area contributed by atoms with Crippen LogP contribution in [0, 0.1) is 53.5 Å². The van der Waals surface area contributed by atoms with Crippen LogP contribution in [-0.2, 0) is 123 Å². The summed E-state index contributed by atoms with van der Waals surface area (Å²) in [6.45, 7) is 25.8. The van der Waals surface area contributed by atoms with Crippen molar-refractivity contribution < 1.29 is 133 Å². The Morgan fingerprint density at radius 3 is 0.849 bits per heavy atom. The topological polar surface area (TPSA) is 280 Å². The number of hydrogen-bond acceptors (Lipinski definition) is 28. The van der Waals surface area contributed by atoms with E-state index < -0.39 is 23.0 Å². The molecule has 0 amide bonds. The average Bonchev–Trinajstić information content (AvgIpc) is 0.887. The Bertz CT molecular complexity index is 1400. The molecule has 0 aromatic carbocycles. The van der Waals surface area contributed by atoms with Gasteiger partial charge in [-0.25, -0.2) is 42.7 Å². The molecule has 2 N–H and O–H groups in total. The molecule has 2 rings (SSSR count). The Morgan fingerprint density at radius 2 is 0.604 bits per heavy atom. The Labute approximate surface area is 604 Å². The van der Waals surface area contributed by atoms with Gasteiger partial charge in [0, 0.05) is 107 Å². The third kappa shape index (κ3) is 75.1. The van der Waals surface area contributed by atoms with Gasteiger partial charge in [0.05, 0.1) is 155 Å². The molecule has 0 spiro atoms. The molecule has 6 unspecified atom stereocenters. The molecule has 28 nitrogen and oxygen atoms in total. The maximum absolute atomic E-state index is 9.52. The van der Waals surface area contributed by atoms with Gasteiger partial charge in [-0.05, 0) is 77.0 Å². The first-order valence-corrected chi connectivity index (χ1v) is 36.2. The Hall–Kier alpha value is -7.12. The SMILES string of the molecule is [CH2-]OCC(CO[CH2-])(COCCOCCCC)COCCOCCCC.[CH2-]OCC(CO[CH2-])(COCCOCCCC)COCCOCCCC.[CH2-]OCC(O)CCOCC(COCCOC1CCCCO1)OCOC.[CH2-]OCC(O)CCOCC(COCCOC1CCCCO1)OCOC.[Rf].[Rf].[Rf].[Rf].[Rf].[Rf]. The van der Waals surface area contributed by atoms with Gasteiger partial charge in [-0.2, -0.15) is 0 Å². The smallest absolute Gasteiger partial charge is 0.157 e. The minimum Gasteiger partial charge on any atom is -0.554 e. The van der Waals surface area contributed by atoms with E-state index in [0.717, 1.165) is 130 Å². The predicted molar refractivity (Wildman–Crippen MR) is 376 cm³/mol. The van der Waals surface area contributed by atoms with Crippen LogP contribution in [0.25, 0.3) is 0 Å². The van der Waals surface area contributed by atoms with Crippen molar-refractivity contribution >= 4 is 0 Å². The Balaban J connectivity index is -0.000000198. The number of ether oxygens (including phenoxy) is 26. The molecule has 6 atom stereocenters. The summed E-state index contributed by atoms with van der Waals surface area (Å²) >= 11 is 0. The molecule has 2 aliphatic rings. The van der Waals surface area contributed by atoms with Crippen molar-refractivity contribution in [3.63, 3.8) is 0 Å². The monoisotopic (exact) mass is 3060 g/mol. The van der Waals surface area contributed by atoms with Crippen LogP contribution in [-0.4, -0.2) is 300 Å². The van der Waals surface area contributed by atoms with Crippen LogP contribution in [0.4, 0.5) is 0 Å². The summed E-state index contributed by atoms with van der Waals surface area (Å²) in [7, 11) is 23.5. The van der Waals surface area contributed by atoms with Crippen molar-refractivity contribution in [2.24, 2.45) is 10.8 Å². The molecule has 106 heavy (non-hydrogen) atoms. The minimum atomic E-state index is -0.578. The van der Waals surface area contributed by atoms with Gasteiger partial charge in [0.1, 0.15) is 25.8 Å². The van der Waals surface area contributed by atoms with E-state index in [0.29, 0.717) is 185 Å². The molecule has 34 heteroatoms. The number of aliphatic hydroxyl groups excluding tert-OH is 2. The van der Waals surface area contributed by atoms with E-state index in [4.69, 9.17) is 114 Å². The first kappa shape index (κ1) is 115. The largest absolute Gasteiger partial charge is 0.554 e. The second-order valence-electron chi connectivity index (χ2n) is 24.1. The summed E-state index contributed by atoms with van der Waals surface area (Å²) in [4.78, 5) is 0. The van der Waals surface area contributed by atoms with Crippen LogP contribution in [0.1, 0.15) is 130 Å². The summed E-state index contributed by atoms with van der Waals surface area (Å²) in [5.41, 5.74) is -0.868. The van der Waals surface area contributed by atoms with E-state index in [1.54, 1.807) is 14.2 Å². The van der Waals surface area contributed by atoms with Crippen LogP contribution in [0.2, 0.25) is 0 Å². The van der Waals surface area contributed by atoms with E-state index in [9.17, 15) is 10.2 Å². The standard InChI is InChI=1S/2C19H38O6.2C17H33O8.6Rf/c2*1-5-7-9-22-11-13-24-17-19(15-20-3,16-21-4)18-25-14-12-23-10-8-6-2;2*1-19-11-15(18)6-8-21-12-16(25-14-20-2)13-22-9-10-24-17-5-3-4-7-23-17;;;;;;/h2*3-18H2,1-2H3;2*15-18H,1,3-14H2,2H3;;;;;;/q2*-2;2*-1;;;;;;. The van der Waals surface area contributed by atoms with Gasteiger partial charge >= 0.3 is 0 Å². The number of unbranched alkanes of at least 4 members (excludes halogenated alkanes) is 4. The normalized spacial score (nSPS) is 15.3. The van der Waals surface area contributed by atoms with Crippen molar-refractivity contribution in [2.75, 3.05) is 252 Å². The third-order valence-electron chi connectivity index (χ3n) is 14.5. The molecule has 2 heterocycles. The zero-order valence-corrected chi connectivity index (χ0v) is 106. The minimum absolute atomic E-state index is 0. The summed E-state index contributed by atoms with van der Waals surface area (Å²) in [5, 5.41) is 19.0. The van der Waals surface area contributed by atoms with E-state index in [-0.39, 0.29) is 51.6 Å². The molecule has 0 bridgehead atoms. The molecule has 2 saturated heterocycles. The number of aliphatic hydroxyl groups is 2.